The summed E-state index contributed by atoms with van der Waals surface area (Å²) in [5, 5.41) is 21.7. The fourth-order valence-corrected chi connectivity index (χ4v) is 4.00. The molecule has 0 aliphatic carbocycles. The molecule has 0 radical (unpaired) electrons. The van der Waals surface area contributed by atoms with E-state index in [-0.39, 0.29) is 62.7 Å². The molecule has 0 heterocycles. The molecule has 0 saturated carbocycles. The quantitative estimate of drug-likeness (QED) is 0.391. The smallest absolute Gasteiger partial charge is 0.545 e. The van der Waals surface area contributed by atoms with Crippen LogP contribution in [0.25, 0.3) is 0 Å². The van der Waals surface area contributed by atoms with Gasteiger partial charge in [-0.1, -0.05) is 97.1 Å². The van der Waals surface area contributed by atoms with Crippen molar-refractivity contribution in [1.29, 1.82) is 0 Å². The first kappa shape index (κ1) is 22.5. The number of carbonyl (C=O) groups is 1. The number of hydrogen-bond donors (Lipinski definition) is 1. The molecule has 0 aliphatic heterocycles. The van der Waals surface area contributed by atoms with E-state index in [4.69, 9.17) is 0 Å². The van der Waals surface area contributed by atoms with Crippen molar-refractivity contribution in [1.82, 2.24) is 0 Å². The van der Waals surface area contributed by atoms with E-state index in [2.05, 4.69) is 0 Å². The normalized spacial score (nSPS) is 10.8. The van der Waals surface area contributed by atoms with Crippen LogP contribution in [0.4, 0.5) is 0 Å². The Balaban J connectivity index is 0.00000256. The van der Waals surface area contributed by atoms with E-state index < -0.39 is 11.4 Å². The molecule has 0 amide bonds. The van der Waals surface area contributed by atoms with Crippen molar-refractivity contribution in [2.24, 2.45) is 0 Å². The first-order chi connectivity index (χ1) is 14.1. The van der Waals surface area contributed by atoms with Gasteiger partial charge in [0, 0.05) is 5.56 Å². The van der Waals surface area contributed by atoms with E-state index in [1.54, 1.807) is 6.07 Å². The summed E-state index contributed by atoms with van der Waals surface area (Å²) in [4.78, 5) is 11.6. The van der Waals surface area contributed by atoms with E-state index in [1.165, 1.54) is 12.1 Å². The van der Waals surface area contributed by atoms with Crippen molar-refractivity contribution in [3.63, 3.8) is 0 Å². The summed E-state index contributed by atoms with van der Waals surface area (Å²) in [5.74, 6) is -1.72. The maximum absolute atomic E-state index is 11.6. The van der Waals surface area contributed by atoms with E-state index in [9.17, 15) is 15.0 Å². The van der Waals surface area contributed by atoms with Gasteiger partial charge in [-0.2, -0.15) is 0 Å². The molecule has 4 aromatic rings. The SMILES string of the molecule is O=C([O-])c1cc(C(c2ccccc2)(c2ccccc2)c2ccccc2)ccc1O.[K+]. The van der Waals surface area contributed by atoms with E-state index in [1.807, 2.05) is 91.0 Å². The maximum atomic E-state index is 11.6. The van der Waals surface area contributed by atoms with Gasteiger partial charge in [0.05, 0.1) is 11.4 Å². The average Bonchev–Trinajstić information content (AvgIpc) is 2.77. The van der Waals surface area contributed by atoms with E-state index in [0.29, 0.717) is 0 Å². The fraction of sp³-hybridized carbons (Fsp3) is 0.0385. The summed E-state index contributed by atoms with van der Waals surface area (Å²) in [7, 11) is 0. The molecule has 0 spiro atoms. The Labute approximate surface area is 218 Å². The third kappa shape index (κ3) is 4.02. The predicted molar refractivity (Wildman–Crippen MR) is 111 cm³/mol. The van der Waals surface area contributed by atoms with Crippen LogP contribution in [0.2, 0.25) is 0 Å². The molecule has 4 aromatic carbocycles. The summed E-state index contributed by atoms with van der Waals surface area (Å²) in [6.45, 7) is 0. The van der Waals surface area contributed by atoms with Crippen molar-refractivity contribution >= 4 is 5.97 Å². The van der Waals surface area contributed by atoms with Gasteiger partial charge in [-0.25, -0.2) is 0 Å². The monoisotopic (exact) mass is 418 g/mol. The molecule has 0 bridgehead atoms. The van der Waals surface area contributed by atoms with Crippen LogP contribution in [0, 0.1) is 0 Å². The van der Waals surface area contributed by atoms with Crippen LogP contribution in [-0.4, -0.2) is 11.1 Å². The summed E-state index contributed by atoms with van der Waals surface area (Å²) < 4.78 is 0. The molecular formula is C26H19KO3. The van der Waals surface area contributed by atoms with Gasteiger partial charge in [-0.3, -0.25) is 0 Å². The fourth-order valence-electron chi connectivity index (χ4n) is 4.00. The minimum atomic E-state index is -1.41. The van der Waals surface area contributed by atoms with Crippen LogP contribution in [0.15, 0.2) is 109 Å². The number of rotatable bonds is 5. The number of benzene rings is 4. The molecule has 30 heavy (non-hydrogen) atoms. The Bertz CT molecular complexity index is 1030. The Kier molecular flexibility index (Phi) is 7.29. The predicted octanol–water partition coefficient (Wildman–Crippen LogP) is 1.14. The van der Waals surface area contributed by atoms with Crippen molar-refractivity contribution in [3.8, 4) is 5.75 Å². The summed E-state index contributed by atoms with van der Waals surface area (Å²) >= 11 is 0. The molecule has 142 valence electrons. The molecule has 1 N–H and O–H groups in total. The Morgan fingerprint density at radius 2 is 1.03 bits per heavy atom. The van der Waals surface area contributed by atoms with Gasteiger partial charge in [0.1, 0.15) is 5.75 Å². The third-order valence-electron chi connectivity index (χ3n) is 5.27. The van der Waals surface area contributed by atoms with E-state index in [0.717, 1.165) is 22.3 Å². The molecule has 0 saturated heterocycles. The zero-order chi connectivity index (χ0) is 20.3. The molecule has 4 rings (SSSR count). The Hall–Kier alpha value is -2.21. The summed E-state index contributed by atoms with van der Waals surface area (Å²) in [6.07, 6.45) is 0. The van der Waals surface area contributed by atoms with Crippen LogP contribution in [0.1, 0.15) is 32.6 Å². The molecular weight excluding hydrogens is 399 g/mol. The Morgan fingerprint density at radius 3 is 1.40 bits per heavy atom. The number of hydrogen-bond acceptors (Lipinski definition) is 3. The molecule has 0 atom stereocenters. The third-order valence-corrected chi connectivity index (χ3v) is 5.27. The summed E-state index contributed by atoms with van der Waals surface area (Å²) in [5.41, 5.74) is 2.72. The van der Waals surface area contributed by atoms with Crippen LogP contribution >= 0.6 is 0 Å². The van der Waals surface area contributed by atoms with Gasteiger partial charge >= 0.3 is 51.4 Å². The van der Waals surface area contributed by atoms with Crippen LogP contribution < -0.4 is 56.5 Å². The van der Waals surface area contributed by atoms with Crippen molar-refractivity contribution in [2.45, 2.75) is 5.41 Å². The first-order valence-electron chi connectivity index (χ1n) is 9.35. The maximum Gasteiger partial charge on any atom is 1.00 e. The molecule has 3 nitrogen and oxygen atoms in total. The number of carboxylic acids is 1. The van der Waals surface area contributed by atoms with Crippen LogP contribution in [0.3, 0.4) is 0 Å². The average molecular weight is 419 g/mol. The van der Waals surface area contributed by atoms with Gasteiger partial charge in [-0.05, 0) is 34.4 Å². The minimum absolute atomic E-state index is 0. The molecule has 4 heteroatoms. The van der Waals surface area contributed by atoms with Gasteiger partial charge in [0.2, 0.25) is 0 Å². The zero-order valence-corrected chi connectivity index (χ0v) is 19.8. The molecule has 0 aromatic heterocycles. The number of carbonyl (C=O) groups excluding carboxylic acids is 1. The second kappa shape index (κ2) is 9.73. The standard InChI is InChI=1S/C26H20O3.K/c27-24-17-16-22(18-23(24)25(28)29)26(19-10-4-1-5-11-19,20-12-6-2-7-13-20)21-14-8-3-9-15-21;/h1-18,27H,(H,28,29);/q;+1/p-1. The zero-order valence-electron chi connectivity index (χ0n) is 16.7. The van der Waals surface area contributed by atoms with Crippen LogP contribution in [-0.2, 0) is 5.41 Å². The van der Waals surface area contributed by atoms with Gasteiger partial charge in [0.25, 0.3) is 0 Å². The molecule has 0 fully saturated rings. The second-order valence-corrected chi connectivity index (χ2v) is 6.87. The van der Waals surface area contributed by atoms with Gasteiger partial charge in [0.15, 0.2) is 0 Å². The number of aromatic carboxylic acids is 1. The minimum Gasteiger partial charge on any atom is -0.545 e. The van der Waals surface area contributed by atoms with Crippen molar-refractivity contribution < 1.29 is 66.4 Å². The van der Waals surface area contributed by atoms with Crippen LogP contribution in [0.5, 0.6) is 5.75 Å². The van der Waals surface area contributed by atoms with Crippen molar-refractivity contribution in [2.75, 3.05) is 0 Å². The first-order valence-corrected chi connectivity index (χ1v) is 9.35. The number of phenols is 1. The number of aromatic hydroxyl groups is 1. The van der Waals surface area contributed by atoms with Crippen molar-refractivity contribution in [3.05, 3.63) is 137 Å². The topological polar surface area (TPSA) is 60.4 Å². The second-order valence-electron chi connectivity index (χ2n) is 6.87. The molecule has 0 aliphatic rings. The molecule has 0 unspecified atom stereocenters. The summed E-state index contributed by atoms with van der Waals surface area (Å²) in [6, 6.07) is 34.6. The Morgan fingerprint density at radius 1 is 0.633 bits per heavy atom. The number of carboxylic acid groups (broad SMARTS) is 1. The van der Waals surface area contributed by atoms with Gasteiger partial charge in [-0.15, -0.1) is 0 Å². The van der Waals surface area contributed by atoms with Gasteiger partial charge < -0.3 is 15.0 Å². The largest absolute Gasteiger partial charge is 1.00 e. The van der Waals surface area contributed by atoms with E-state index >= 15 is 0 Å².